The van der Waals surface area contributed by atoms with Crippen LogP contribution in [0.4, 0.5) is 5.69 Å². The molecule has 0 saturated carbocycles. The lowest BCUT2D eigenvalue weighted by atomic mass is 9.97. The maximum Gasteiger partial charge on any atom is 0.243 e. The summed E-state index contributed by atoms with van der Waals surface area (Å²) in [5.74, 6) is -0.276. The average Bonchev–Trinajstić information content (AvgIpc) is 2.62. The number of anilines is 1. The van der Waals surface area contributed by atoms with Gasteiger partial charge < -0.3 is 5.32 Å². The number of hydrogen-bond donors (Lipinski definition) is 1. The molecule has 1 aliphatic heterocycles. The highest BCUT2D eigenvalue weighted by atomic mass is 32.2. The zero-order chi connectivity index (χ0) is 20.5. The van der Waals surface area contributed by atoms with Crippen LogP contribution in [0.25, 0.3) is 0 Å². The zero-order valence-electron chi connectivity index (χ0n) is 16.8. The van der Waals surface area contributed by atoms with Crippen molar-refractivity contribution in [2.45, 2.75) is 45.4 Å². The second kappa shape index (κ2) is 8.01. The molecule has 0 atom stereocenters. The van der Waals surface area contributed by atoms with Gasteiger partial charge in [0, 0.05) is 25.2 Å². The molecule has 0 radical (unpaired) electrons. The van der Waals surface area contributed by atoms with Gasteiger partial charge in [0.05, 0.1) is 16.8 Å². The number of rotatable bonds is 4. The summed E-state index contributed by atoms with van der Waals surface area (Å²) in [5.41, 5.74) is 4.24. The summed E-state index contributed by atoms with van der Waals surface area (Å²) in [6.45, 7) is 8.24. The first-order chi connectivity index (χ1) is 13.2. The van der Waals surface area contributed by atoms with E-state index in [4.69, 9.17) is 0 Å². The normalized spacial score (nSPS) is 16.1. The highest BCUT2D eigenvalue weighted by molar-refractivity contribution is 7.89. The number of pyridine rings is 1. The van der Waals surface area contributed by atoms with Crippen LogP contribution in [0, 0.1) is 33.6 Å². The topological polar surface area (TPSA) is 79.4 Å². The SMILES string of the molecule is Cc1cc(C)c(S(=O)(=O)N2CCC(C(=O)Nc3cnccc3C)CC2)c(C)c1. The van der Waals surface area contributed by atoms with E-state index in [2.05, 4.69) is 10.3 Å². The van der Waals surface area contributed by atoms with Crippen molar-refractivity contribution < 1.29 is 13.2 Å². The van der Waals surface area contributed by atoms with Gasteiger partial charge >= 0.3 is 0 Å². The second-order valence-electron chi connectivity index (χ2n) is 7.59. The van der Waals surface area contributed by atoms with Crippen molar-refractivity contribution in [3.8, 4) is 0 Å². The summed E-state index contributed by atoms with van der Waals surface area (Å²) in [7, 11) is -3.56. The molecular formula is C21H27N3O3S. The van der Waals surface area contributed by atoms with Crippen LogP contribution in [-0.4, -0.2) is 36.7 Å². The summed E-state index contributed by atoms with van der Waals surface area (Å²) in [6.07, 6.45) is 4.34. The zero-order valence-corrected chi connectivity index (χ0v) is 17.6. The molecule has 0 bridgehead atoms. The van der Waals surface area contributed by atoms with Crippen molar-refractivity contribution >= 4 is 21.6 Å². The minimum Gasteiger partial charge on any atom is -0.324 e. The fraction of sp³-hybridized carbons (Fsp3) is 0.429. The van der Waals surface area contributed by atoms with E-state index in [1.54, 1.807) is 12.4 Å². The highest BCUT2D eigenvalue weighted by Gasteiger charge is 2.33. The molecule has 2 aromatic rings. The van der Waals surface area contributed by atoms with Crippen LogP contribution >= 0.6 is 0 Å². The van der Waals surface area contributed by atoms with E-state index in [1.165, 1.54) is 4.31 Å². The van der Waals surface area contributed by atoms with Crippen molar-refractivity contribution in [2.24, 2.45) is 5.92 Å². The Labute approximate surface area is 167 Å². The molecule has 1 aliphatic rings. The van der Waals surface area contributed by atoms with Gasteiger partial charge in [-0.25, -0.2) is 8.42 Å². The number of hydrogen-bond acceptors (Lipinski definition) is 4. The van der Waals surface area contributed by atoms with E-state index in [0.29, 0.717) is 36.5 Å². The van der Waals surface area contributed by atoms with Crippen LogP contribution in [0.2, 0.25) is 0 Å². The molecule has 7 heteroatoms. The van der Waals surface area contributed by atoms with Gasteiger partial charge in [0.25, 0.3) is 0 Å². The summed E-state index contributed by atoms with van der Waals surface area (Å²) in [6, 6.07) is 5.64. The Morgan fingerprint density at radius 3 is 2.25 bits per heavy atom. The van der Waals surface area contributed by atoms with E-state index < -0.39 is 10.0 Å². The first kappa shape index (κ1) is 20.5. The van der Waals surface area contributed by atoms with Gasteiger partial charge in [0.1, 0.15) is 0 Å². The van der Waals surface area contributed by atoms with Crippen molar-refractivity contribution in [1.29, 1.82) is 0 Å². The van der Waals surface area contributed by atoms with Crippen molar-refractivity contribution in [3.05, 3.63) is 52.8 Å². The number of carbonyl (C=O) groups excluding carboxylic acids is 1. The third kappa shape index (κ3) is 4.10. The molecule has 1 aromatic heterocycles. The molecule has 1 fully saturated rings. The van der Waals surface area contributed by atoms with Crippen molar-refractivity contribution in [1.82, 2.24) is 9.29 Å². The molecule has 1 amide bonds. The van der Waals surface area contributed by atoms with E-state index in [0.717, 1.165) is 22.3 Å². The van der Waals surface area contributed by atoms with E-state index in [1.807, 2.05) is 45.9 Å². The Morgan fingerprint density at radius 1 is 1.07 bits per heavy atom. The van der Waals surface area contributed by atoms with Crippen LogP contribution in [-0.2, 0) is 14.8 Å². The van der Waals surface area contributed by atoms with Crippen molar-refractivity contribution in [3.63, 3.8) is 0 Å². The maximum absolute atomic E-state index is 13.2. The fourth-order valence-electron chi connectivity index (χ4n) is 3.89. The highest BCUT2D eigenvalue weighted by Crippen LogP contribution is 2.29. The third-order valence-corrected chi connectivity index (χ3v) is 7.53. The van der Waals surface area contributed by atoms with Gasteiger partial charge in [-0.05, 0) is 63.3 Å². The van der Waals surface area contributed by atoms with Gasteiger partial charge in [0.15, 0.2) is 0 Å². The second-order valence-corrected chi connectivity index (χ2v) is 9.46. The molecule has 1 saturated heterocycles. The molecule has 2 heterocycles. The van der Waals surface area contributed by atoms with Crippen LogP contribution in [0.15, 0.2) is 35.5 Å². The van der Waals surface area contributed by atoms with Crippen LogP contribution in [0.1, 0.15) is 35.1 Å². The fourth-order valence-corrected chi connectivity index (χ4v) is 5.77. The minimum absolute atomic E-state index is 0.0733. The number of benzene rings is 1. The Kier molecular flexibility index (Phi) is 5.86. The Morgan fingerprint density at radius 2 is 1.68 bits per heavy atom. The lowest BCUT2D eigenvalue weighted by Crippen LogP contribution is -2.41. The molecular weight excluding hydrogens is 374 g/mol. The van der Waals surface area contributed by atoms with Gasteiger partial charge in [-0.2, -0.15) is 4.31 Å². The van der Waals surface area contributed by atoms with Crippen LogP contribution < -0.4 is 5.32 Å². The monoisotopic (exact) mass is 401 g/mol. The van der Waals surface area contributed by atoms with Gasteiger partial charge in [-0.3, -0.25) is 9.78 Å². The summed E-state index contributed by atoms with van der Waals surface area (Å²) in [5, 5.41) is 2.92. The lowest BCUT2D eigenvalue weighted by molar-refractivity contribution is -0.120. The number of amides is 1. The Hall–Kier alpha value is -2.25. The van der Waals surface area contributed by atoms with Gasteiger partial charge in [-0.1, -0.05) is 17.7 Å². The molecule has 3 rings (SSSR count). The maximum atomic E-state index is 13.2. The molecule has 1 aromatic carbocycles. The molecule has 1 N–H and O–H groups in total. The lowest BCUT2D eigenvalue weighted by Gasteiger charge is -2.31. The van der Waals surface area contributed by atoms with E-state index in [-0.39, 0.29) is 11.8 Å². The summed E-state index contributed by atoms with van der Waals surface area (Å²) >= 11 is 0. The largest absolute Gasteiger partial charge is 0.324 e. The number of sulfonamides is 1. The third-order valence-electron chi connectivity index (χ3n) is 5.32. The summed E-state index contributed by atoms with van der Waals surface area (Å²) < 4.78 is 27.8. The predicted octanol–water partition coefficient (Wildman–Crippen LogP) is 3.35. The van der Waals surface area contributed by atoms with Crippen LogP contribution in [0.3, 0.4) is 0 Å². The van der Waals surface area contributed by atoms with E-state index in [9.17, 15) is 13.2 Å². The molecule has 0 aliphatic carbocycles. The summed E-state index contributed by atoms with van der Waals surface area (Å²) in [4.78, 5) is 17.0. The number of aryl methyl sites for hydroxylation is 4. The quantitative estimate of drug-likeness (QED) is 0.852. The Balaban J connectivity index is 1.70. The molecule has 28 heavy (non-hydrogen) atoms. The number of nitrogens with one attached hydrogen (secondary N) is 1. The predicted molar refractivity (Wildman–Crippen MR) is 110 cm³/mol. The smallest absolute Gasteiger partial charge is 0.243 e. The van der Waals surface area contributed by atoms with Gasteiger partial charge in [-0.15, -0.1) is 0 Å². The van der Waals surface area contributed by atoms with Crippen molar-refractivity contribution in [2.75, 3.05) is 18.4 Å². The molecule has 6 nitrogen and oxygen atoms in total. The molecule has 0 spiro atoms. The number of aromatic nitrogens is 1. The number of nitrogens with zero attached hydrogens (tertiary/aromatic N) is 2. The first-order valence-electron chi connectivity index (χ1n) is 9.49. The average molecular weight is 402 g/mol. The van der Waals surface area contributed by atoms with Gasteiger partial charge in [0.2, 0.25) is 15.9 Å². The minimum atomic E-state index is -3.56. The number of piperidine rings is 1. The number of carbonyl (C=O) groups is 1. The Bertz CT molecular complexity index is 971. The van der Waals surface area contributed by atoms with Crippen LogP contribution in [0.5, 0.6) is 0 Å². The molecule has 0 unspecified atom stereocenters. The standard InChI is InChI=1S/C21H27N3O3S/c1-14-11-16(3)20(17(4)12-14)28(26,27)24-9-6-18(7-10-24)21(25)23-19-13-22-8-5-15(19)2/h5,8,11-13,18H,6-7,9-10H2,1-4H3,(H,23,25). The first-order valence-corrected chi connectivity index (χ1v) is 10.9. The molecule has 150 valence electrons. The van der Waals surface area contributed by atoms with E-state index >= 15 is 0 Å².